The first-order valence-corrected chi connectivity index (χ1v) is 8.67. The molecule has 0 bridgehead atoms. The molecular weight excluding hydrogens is 358 g/mol. The average Bonchev–Trinajstić information content (AvgIpc) is 3.03. The molecule has 0 radical (unpaired) electrons. The molecule has 0 saturated heterocycles. The molecule has 1 heterocycles. The smallest absolute Gasteiger partial charge is 0.248 e. The SMILES string of the molecule is NC(=O)c1ccc(NC(=O)Cc2csc(-c3cccc(Cl)c3)n2)cc1. The maximum absolute atomic E-state index is 12.1. The lowest BCUT2D eigenvalue weighted by Crippen LogP contribution is -2.15. The second kappa shape index (κ2) is 7.46. The van der Waals surface area contributed by atoms with E-state index in [4.69, 9.17) is 17.3 Å². The van der Waals surface area contributed by atoms with Gasteiger partial charge in [0.15, 0.2) is 0 Å². The molecule has 7 heteroatoms. The molecule has 0 fully saturated rings. The minimum atomic E-state index is -0.506. The van der Waals surface area contributed by atoms with Gasteiger partial charge in [-0.1, -0.05) is 23.7 Å². The van der Waals surface area contributed by atoms with Crippen LogP contribution in [0.25, 0.3) is 10.6 Å². The van der Waals surface area contributed by atoms with Gasteiger partial charge in [0.05, 0.1) is 12.1 Å². The van der Waals surface area contributed by atoms with Gasteiger partial charge in [0.2, 0.25) is 11.8 Å². The van der Waals surface area contributed by atoms with Gasteiger partial charge < -0.3 is 11.1 Å². The van der Waals surface area contributed by atoms with Gasteiger partial charge in [-0.25, -0.2) is 4.98 Å². The topological polar surface area (TPSA) is 85.1 Å². The van der Waals surface area contributed by atoms with E-state index in [0.717, 1.165) is 10.6 Å². The van der Waals surface area contributed by atoms with Crippen LogP contribution in [0.15, 0.2) is 53.9 Å². The summed E-state index contributed by atoms with van der Waals surface area (Å²) in [5.74, 6) is -0.691. The summed E-state index contributed by atoms with van der Waals surface area (Å²) in [6.45, 7) is 0. The van der Waals surface area contributed by atoms with E-state index in [0.29, 0.717) is 22.0 Å². The third-order valence-corrected chi connectivity index (χ3v) is 4.59. The number of hydrogen-bond donors (Lipinski definition) is 2. The highest BCUT2D eigenvalue weighted by Crippen LogP contribution is 2.26. The van der Waals surface area contributed by atoms with Crippen molar-refractivity contribution in [1.82, 2.24) is 4.98 Å². The number of nitrogens with two attached hydrogens (primary N) is 1. The number of anilines is 1. The number of rotatable bonds is 5. The summed E-state index contributed by atoms with van der Waals surface area (Å²) in [6.07, 6.45) is 0.161. The molecule has 2 aromatic carbocycles. The Morgan fingerprint density at radius 3 is 2.60 bits per heavy atom. The second-order valence-corrected chi connectivity index (χ2v) is 6.62. The largest absolute Gasteiger partial charge is 0.366 e. The van der Waals surface area contributed by atoms with Crippen molar-refractivity contribution >= 4 is 40.4 Å². The van der Waals surface area contributed by atoms with Gasteiger partial charge in [0.1, 0.15) is 5.01 Å². The molecule has 3 N–H and O–H groups in total. The van der Waals surface area contributed by atoms with Gasteiger partial charge in [-0.15, -0.1) is 11.3 Å². The lowest BCUT2D eigenvalue weighted by atomic mass is 10.2. The lowest BCUT2D eigenvalue weighted by Gasteiger charge is -2.04. The van der Waals surface area contributed by atoms with Crippen LogP contribution in [0.5, 0.6) is 0 Å². The molecule has 3 rings (SSSR count). The van der Waals surface area contributed by atoms with Gasteiger partial charge in [0.25, 0.3) is 0 Å². The standard InChI is InChI=1S/C18H14ClN3O2S/c19-13-3-1-2-12(8-13)18-22-15(10-25-18)9-16(23)21-14-6-4-11(5-7-14)17(20)24/h1-8,10H,9H2,(H2,20,24)(H,21,23). The Morgan fingerprint density at radius 1 is 1.16 bits per heavy atom. The summed E-state index contributed by atoms with van der Waals surface area (Å²) < 4.78 is 0. The summed E-state index contributed by atoms with van der Waals surface area (Å²) in [6, 6.07) is 13.8. The molecule has 126 valence electrons. The fourth-order valence-electron chi connectivity index (χ4n) is 2.23. The molecule has 0 aliphatic rings. The van der Waals surface area contributed by atoms with Crippen molar-refractivity contribution in [1.29, 1.82) is 0 Å². The van der Waals surface area contributed by atoms with Crippen molar-refractivity contribution in [3.63, 3.8) is 0 Å². The third-order valence-electron chi connectivity index (χ3n) is 3.42. The van der Waals surface area contributed by atoms with E-state index < -0.39 is 5.91 Å². The number of nitrogens with one attached hydrogen (secondary N) is 1. The molecule has 0 saturated carbocycles. The van der Waals surface area contributed by atoms with Crippen LogP contribution in [0.2, 0.25) is 5.02 Å². The van der Waals surface area contributed by atoms with Crippen LogP contribution >= 0.6 is 22.9 Å². The fraction of sp³-hybridized carbons (Fsp3) is 0.0556. The number of amides is 2. The average molecular weight is 372 g/mol. The van der Waals surface area contributed by atoms with E-state index in [-0.39, 0.29) is 12.3 Å². The second-order valence-electron chi connectivity index (χ2n) is 5.32. The van der Waals surface area contributed by atoms with E-state index in [9.17, 15) is 9.59 Å². The molecule has 0 aliphatic heterocycles. The number of benzene rings is 2. The number of aromatic nitrogens is 1. The summed E-state index contributed by atoms with van der Waals surface area (Å²) >= 11 is 7.45. The van der Waals surface area contributed by atoms with Crippen LogP contribution in [0.4, 0.5) is 5.69 Å². The lowest BCUT2D eigenvalue weighted by molar-refractivity contribution is -0.115. The van der Waals surface area contributed by atoms with E-state index >= 15 is 0 Å². The molecule has 1 aromatic heterocycles. The van der Waals surface area contributed by atoms with Crippen molar-refractivity contribution < 1.29 is 9.59 Å². The third kappa shape index (κ3) is 4.43. The number of nitrogens with zero attached hydrogens (tertiary/aromatic N) is 1. The monoisotopic (exact) mass is 371 g/mol. The number of carbonyl (C=O) groups is 2. The maximum atomic E-state index is 12.1. The van der Waals surface area contributed by atoms with Crippen LogP contribution in [-0.2, 0) is 11.2 Å². The van der Waals surface area contributed by atoms with Crippen molar-refractivity contribution in [3.05, 3.63) is 70.2 Å². The number of carbonyl (C=O) groups excluding carboxylic acids is 2. The molecule has 0 spiro atoms. The number of hydrogen-bond acceptors (Lipinski definition) is 4. The van der Waals surface area contributed by atoms with Gasteiger partial charge in [-0.3, -0.25) is 9.59 Å². The van der Waals surface area contributed by atoms with Crippen LogP contribution in [-0.4, -0.2) is 16.8 Å². The molecule has 0 atom stereocenters. The summed E-state index contributed by atoms with van der Waals surface area (Å²) in [7, 11) is 0. The van der Waals surface area contributed by atoms with Gasteiger partial charge in [-0.2, -0.15) is 0 Å². The molecular formula is C18H14ClN3O2S. The molecule has 2 amide bonds. The Kier molecular flexibility index (Phi) is 5.11. The minimum absolute atomic E-state index is 0.161. The first-order valence-electron chi connectivity index (χ1n) is 7.41. The number of halogens is 1. The van der Waals surface area contributed by atoms with E-state index in [1.807, 2.05) is 23.6 Å². The minimum Gasteiger partial charge on any atom is -0.366 e. The predicted octanol–water partition coefficient (Wildman–Crippen LogP) is 3.74. The zero-order valence-electron chi connectivity index (χ0n) is 13.0. The van der Waals surface area contributed by atoms with E-state index in [2.05, 4.69) is 10.3 Å². The van der Waals surface area contributed by atoms with Crippen molar-refractivity contribution in [2.45, 2.75) is 6.42 Å². The summed E-state index contributed by atoms with van der Waals surface area (Å²) in [4.78, 5) is 27.7. The predicted molar refractivity (Wildman–Crippen MR) is 99.9 cm³/mol. The van der Waals surface area contributed by atoms with Gasteiger partial charge in [0, 0.05) is 27.2 Å². The quantitative estimate of drug-likeness (QED) is 0.716. The highest BCUT2D eigenvalue weighted by molar-refractivity contribution is 7.13. The normalized spacial score (nSPS) is 10.4. The summed E-state index contributed by atoms with van der Waals surface area (Å²) in [5.41, 5.74) is 7.78. The van der Waals surface area contributed by atoms with Crippen LogP contribution in [0, 0.1) is 0 Å². The van der Waals surface area contributed by atoms with Crippen LogP contribution in [0.1, 0.15) is 16.1 Å². The fourth-order valence-corrected chi connectivity index (χ4v) is 3.24. The van der Waals surface area contributed by atoms with E-state index in [1.54, 1.807) is 30.3 Å². The Labute approximate surface area is 153 Å². The molecule has 25 heavy (non-hydrogen) atoms. The molecule has 3 aromatic rings. The van der Waals surface area contributed by atoms with Gasteiger partial charge >= 0.3 is 0 Å². The zero-order chi connectivity index (χ0) is 17.8. The zero-order valence-corrected chi connectivity index (χ0v) is 14.6. The first-order chi connectivity index (χ1) is 12.0. The van der Waals surface area contributed by atoms with Crippen molar-refractivity contribution in [3.8, 4) is 10.6 Å². The van der Waals surface area contributed by atoms with E-state index in [1.165, 1.54) is 11.3 Å². The van der Waals surface area contributed by atoms with Crippen LogP contribution < -0.4 is 11.1 Å². The molecule has 0 aliphatic carbocycles. The Morgan fingerprint density at radius 2 is 1.92 bits per heavy atom. The molecule has 5 nitrogen and oxygen atoms in total. The Hall–Kier alpha value is -2.70. The van der Waals surface area contributed by atoms with Gasteiger partial charge in [-0.05, 0) is 36.4 Å². The summed E-state index contributed by atoms with van der Waals surface area (Å²) in [5, 5.41) is 6.08. The Bertz CT molecular complexity index is 922. The number of thiazole rings is 1. The highest BCUT2D eigenvalue weighted by atomic mass is 35.5. The molecule has 0 unspecified atom stereocenters. The number of primary amides is 1. The maximum Gasteiger partial charge on any atom is 0.248 e. The first kappa shape index (κ1) is 17.1. The Balaban J connectivity index is 1.64. The van der Waals surface area contributed by atoms with Crippen molar-refractivity contribution in [2.24, 2.45) is 5.73 Å². The van der Waals surface area contributed by atoms with Crippen LogP contribution in [0.3, 0.4) is 0 Å². The van der Waals surface area contributed by atoms with Crippen molar-refractivity contribution in [2.75, 3.05) is 5.32 Å². The highest BCUT2D eigenvalue weighted by Gasteiger charge is 2.10.